The lowest BCUT2D eigenvalue weighted by Gasteiger charge is -2.05. The van der Waals surface area contributed by atoms with Gasteiger partial charge in [-0.15, -0.1) is 0 Å². The molecule has 0 atom stereocenters. The average Bonchev–Trinajstić information content (AvgIpc) is 2.53. The first-order valence-corrected chi connectivity index (χ1v) is 4.92. The van der Waals surface area contributed by atoms with Crippen LogP contribution >= 0.6 is 0 Å². The molecular formula is C10H19N3. The lowest BCUT2D eigenvalue weighted by atomic mass is 10.0. The predicted molar refractivity (Wildman–Crippen MR) is 54.9 cm³/mol. The molecule has 3 nitrogen and oxygen atoms in total. The fraction of sp³-hybridized carbons (Fsp3) is 0.700. The van der Waals surface area contributed by atoms with Gasteiger partial charge in [-0.3, -0.25) is 5.10 Å². The molecule has 3 heteroatoms. The molecule has 0 spiro atoms. The third kappa shape index (κ3) is 2.84. The van der Waals surface area contributed by atoms with Gasteiger partial charge in [0, 0.05) is 5.69 Å². The van der Waals surface area contributed by atoms with Crippen molar-refractivity contribution in [3.63, 3.8) is 0 Å². The van der Waals surface area contributed by atoms with Crippen LogP contribution < -0.4 is 5.32 Å². The van der Waals surface area contributed by atoms with Gasteiger partial charge in [0.15, 0.2) is 0 Å². The number of nitrogens with one attached hydrogen (secondary N) is 2. The zero-order valence-corrected chi connectivity index (χ0v) is 8.72. The normalized spacial score (nSPS) is 11.1. The Bertz CT molecular complexity index is 240. The monoisotopic (exact) mass is 181 g/mol. The smallest absolute Gasteiger partial charge is 0.0524 e. The van der Waals surface area contributed by atoms with E-state index < -0.39 is 0 Å². The van der Waals surface area contributed by atoms with E-state index in [0.29, 0.717) is 5.92 Å². The van der Waals surface area contributed by atoms with Crippen molar-refractivity contribution in [2.45, 2.75) is 32.6 Å². The first-order chi connectivity index (χ1) is 6.25. The summed E-state index contributed by atoms with van der Waals surface area (Å²) in [5.41, 5.74) is 2.65. The second-order valence-corrected chi connectivity index (χ2v) is 3.67. The van der Waals surface area contributed by atoms with Crippen molar-refractivity contribution in [3.8, 4) is 0 Å². The first kappa shape index (κ1) is 10.3. The summed E-state index contributed by atoms with van der Waals surface area (Å²) < 4.78 is 0. The number of H-pyrrole nitrogens is 1. The van der Waals surface area contributed by atoms with Gasteiger partial charge in [-0.25, -0.2) is 0 Å². The molecule has 13 heavy (non-hydrogen) atoms. The molecule has 0 fully saturated rings. The van der Waals surface area contributed by atoms with E-state index >= 15 is 0 Å². The number of aromatic nitrogens is 2. The third-order valence-corrected chi connectivity index (χ3v) is 2.23. The molecule has 0 aromatic carbocycles. The van der Waals surface area contributed by atoms with Crippen molar-refractivity contribution in [2.75, 3.05) is 13.6 Å². The minimum absolute atomic E-state index is 0.573. The van der Waals surface area contributed by atoms with Gasteiger partial charge in [-0.1, -0.05) is 13.8 Å². The van der Waals surface area contributed by atoms with E-state index in [1.807, 2.05) is 13.2 Å². The minimum atomic E-state index is 0.573. The second-order valence-electron chi connectivity index (χ2n) is 3.67. The summed E-state index contributed by atoms with van der Waals surface area (Å²) in [4.78, 5) is 0. The van der Waals surface area contributed by atoms with E-state index in [2.05, 4.69) is 29.4 Å². The standard InChI is InChI=1S/C10H19N3/c1-8(2)9-7-12-13-10(9)5-4-6-11-3/h7-8,11H,4-6H2,1-3H3,(H,12,13). The summed E-state index contributed by atoms with van der Waals surface area (Å²) in [5.74, 6) is 0.573. The Balaban J connectivity index is 2.50. The molecule has 0 aliphatic carbocycles. The van der Waals surface area contributed by atoms with E-state index in [4.69, 9.17) is 0 Å². The summed E-state index contributed by atoms with van der Waals surface area (Å²) in [6, 6.07) is 0. The van der Waals surface area contributed by atoms with Crippen LogP contribution in [0.25, 0.3) is 0 Å². The van der Waals surface area contributed by atoms with E-state index in [0.717, 1.165) is 13.0 Å². The largest absolute Gasteiger partial charge is 0.320 e. The number of rotatable bonds is 5. The topological polar surface area (TPSA) is 40.7 Å². The third-order valence-electron chi connectivity index (χ3n) is 2.23. The summed E-state index contributed by atoms with van der Waals surface area (Å²) in [6.45, 7) is 5.47. The van der Waals surface area contributed by atoms with E-state index in [9.17, 15) is 0 Å². The van der Waals surface area contributed by atoms with Crippen molar-refractivity contribution >= 4 is 0 Å². The Labute approximate surface area is 79.9 Å². The van der Waals surface area contributed by atoms with Gasteiger partial charge in [0.25, 0.3) is 0 Å². The molecule has 0 saturated carbocycles. The molecule has 2 N–H and O–H groups in total. The van der Waals surface area contributed by atoms with Crippen molar-refractivity contribution in [1.29, 1.82) is 0 Å². The van der Waals surface area contributed by atoms with Crippen molar-refractivity contribution in [1.82, 2.24) is 15.5 Å². The van der Waals surface area contributed by atoms with Crippen LogP contribution in [-0.2, 0) is 6.42 Å². The maximum atomic E-state index is 4.08. The maximum absolute atomic E-state index is 4.08. The zero-order valence-electron chi connectivity index (χ0n) is 8.72. The molecule has 1 rings (SSSR count). The highest BCUT2D eigenvalue weighted by Gasteiger charge is 2.07. The van der Waals surface area contributed by atoms with Gasteiger partial charge in [-0.05, 0) is 37.9 Å². The highest BCUT2D eigenvalue weighted by Crippen LogP contribution is 2.17. The molecule has 0 aliphatic heterocycles. The van der Waals surface area contributed by atoms with Crippen LogP contribution in [0.2, 0.25) is 0 Å². The number of nitrogens with zero attached hydrogens (tertiary/aromatic N) is 1. The van der Waals surface area contributed by atoms with Crippen LogP contribution in [0.5, 0.6) is 0 Å². The van der Waals surface area contributed by atoms with Crippen molar-refractivity contribution in [2.24, 2.45) is 0 Å². The molecule has 1 aromatic heterocycles. The summed E-state index contributed by atoms with van der Waals surface area (Å²) >= 11 is 0. The van der Waals surface area contributed by atoms with Crippen LogP contribution in [0.4, 0.5) is 0 Å². The highest BCUT2D eigenvalue weighted by atomic mass is 15.1. The van der Waals surface area contributed by atoms with Gasteiger partial charge in [0.2, 0.25) is 0 Å². The first-order valence-electron chi connectivity index (χ1n) is 4.92. The predicted octanol–water partition coefficient (Wildman–Crippen LogP) is 1.69. The Morgan fingerprint density at radius 3 is 2.92 bits per heavy atom. The Morgan fingerprint density at radius 1 is 1.54 bits per heavy atom. The highest BCUT2D eigenvalue weighted by molar-refractivity contribution is 5.19. The number of aryl methyl sites for hydroxylation is 1. The molecule has 0 radical (unpaired) electrons. The lowest BCUT2D eigenvalue weighted by Crippen LogP contribution is -2.09. The Hall–Kier alpha value is -0.830. The van der Waals surface area contributed by atoms with Gasteiger partial charge in [-0.2, -0.15) is 5.10 Å². The molecular weight excluding hydrogens is 162 g/mol. The maximum Gasteiger partial charge on any atom is 0.0524 e. The van der Waals surface area contributed by atoms with Crippen LogP contribution in [0.15, 0.2) is 6.20 Å². The van der Waals surface area contributed by atoms with Crippen LogP contribution in [0, 0.1) is 0 Å². The molecule has 0 saturated heterocycles. The summed E-state index contributed by atoms with van der Waals surface area (Å²) in [7, 11) is 1.98. The van der Waals surface area contributed by atoms with Gasteiger partial charge in [0.05, 0.1) is 6.20 Å². The second kappa shape index (κ2) is 5.02. The lowest BCUT2D eigenvalue weighted by molar-refractivity contribution is 0.704. The van der Waals surface area contributed by atoms with E-state index in [1.165, 1.54) is 17.7 Å². The van der Waals surface area contributed by atoms with Gasteiger partial charge < -0.3 is 5.32 Å². The fourth-order valence-electron chi connectivity index (χ4n) is 1.46. The van der Waals surface area contributed by atoms with E-state index in [-0.39, 0.29) is 0 Å². The quantitative estimate of drug-likeness (QED) is 0.679. The molecule has 0 aliphatic rings. The SMILES string of the molecule is CNCCCc1[nH]ncc1C(C)C. The van der Waals surface area contributed by atoms with Gasteiger partial charge >= 0.3 is 0 Å². The Morgan fingerprint density at radius 2 is 2.31 bits per heavy atom. The molecule has 74 valence electrons. The van der Waals surface area contributed by atoms with Crippen LogP contribution in [-0.4, -0.2) is 23.8 Å². The van der Waals surface area contributed by atoms with Crippen molar-refractivity contribution < 1.29 is 0 Å². The van der Waals surface area contributed by atoms with E-state index in [1.54, 1.807) is 0 Å². The molecule has 1 aromatic rings. The van der Waals surface area contributed by atoms with Gasteiger partial charge in [0.1, 0.15) is 0 Å². The molecule has 0 unspecified atom stereocenters. The Kier molecular flexibility index (Phi) is 3.96. The van der Waals surface area contributed by atoms with Crippen molar-refractivity contribution in [3.05, 3.63) is 17.5 Å². The molecule has 0 bridgehead atoms. The molecule has 1 heterocycles. The average molecular weight is 181 g/mol. The number of hydrogen-bond acceptors (Lipinski definition) is 2. The summed E-state index contributed by atoms with van der Waals surface area (Å²) in [5, 5.41) is 10.3. The summed E-state index contributed by atoms with van der Waals surface area (Å²) in [6.07, 6.45) is 4.20. The zero-order chi connectivity index (χ0) is 9.68. The minimum Gasteiger partial charge on any atom is -0.320 e. The number of hydrogen-bond donors (Lipinski definition) is 2. The fourth-order valence-corrected chi connectivity index (χ4v) is 1.46. The molecule has 0 amide bonds. The van der Waals surface area contributed by atoms with Crippen LogP contribution in [0.1, 0.15) is 37.4 Å². The van der Waals surface area contributed by atoms with Crippen LogP contribution in [0.3, 0.4) is 0 Å². The number of aromatic amines is 1.